The number of amides is 1. The van der Waals surface area contributed by atoms with E-state index in [0.29, 0.717) is 12.6 Å². The number of pyridine rings is 1. The third-order valence-electron chi connectivity index (χ3n) is 4.27. The molecular weight excluding hydrogens is 372 g/mol. The summed E-state index contributed by atoms with van der Waals surface area (Å²) in [5.74, 6) is 0. The van der Waals surface area contributed by atoms with Crippen LogP contribution in [0.1, 0.15) is 37.8 Å². The van der Waals surface area contributed by atoms with Gasteiger partial charge in [0, 0.05) is 47.6 Å². The summed E-state index contributed by atoms with van der Waals surface area (Å²) in [7, 11) is 1.37. The molecule has 0 aromatic carbocycles. The molecule has 0 spiro atoms. The topological polar surface area (TPSA) is 68.2 Å². The Kier molecular flexibility index (Phi) is 5.40. The maximum Gasteiger partial charge on any atom is 0.406 e. The zero-order valence-corrected chi connectivity index (χ0v) is 15.6. The highest BCUT2D eigenvalue weighted by atomic mass is 79.9. The number of carbonyl (C=O) groups is 1. The molecule has 0 saturated heterocycles. The van der Waals surface area contributed by atoms with Gasteiger partial charge in [0.25, 0.3) is 0 Å². The van der Waals surface area contributed by atoms with Crippen molar-refractivity contribution in [2.75, 3.05) is 13.7 Å². The minimum atomic E-state index is -0.389. The molecule has 24 heavy (non-hydrogen) atoms. The molecule has 1 amide bonds. The first-order valence-corrected chi connectivity index (χ1v) is 9.10. The second-order valence-corrected chi connectivity index (χ2v) is 7.15. The maximum atomic E-state index is 11.1. The summed E-state index contributed by atoms with van der Waals surface area (Å²) in [5.41, 5.74) is 3.38. The Labute approximate surface area is 150 Å². The number of hydrogen-bond acceptors (Lipinski definition) is 4. The van der Waals surface area contributed by atoms with Crippen LogP contribution in [0.5, 0.6) is 0 Å². The van der Waals surface area contributed by atoms with Crippen molar-refractivity contribution in [3.05, 3.63) is 28.5 Å². The molecule has 7 heteroatoms. The summed E-state index contributed by atoms with van der Waals surface area (Å²) >= 11 is 3.51. The molecule has 1 aliphatic carbocycles. The van der Waals surface area contributed by atoms with Crippen molar-refractivity contribution in [3.8, 4) is 0 Å². The molecule has 0 aliphatic heterocycles. The first-order valence-electron chi connectivity index (χ1n) is 8.30. The van der Waals surface area contributed by atoms with Gasteiger partial charge in [0.05, 0.1) is 18.1 Å². The number of aromatic nitrogens is 2. The summed E-state index contributed by atoms with van der Waals surface area (Å²) < 4.78 is 7.77. The van der Waals surface area contributed by atoms with E-state index in [1.807, 2.05) is 6.20 Å². The van der Waals surface area contributed by atoms with Gasteiger partial charge in [0.2, 0.25) is 0 Å². The summed E-state index contributed by atoms with van der Waals surface area (Å²) in [4.78, 5) is 15.7. The molecule has 1 fully saturated rings. The van der Waals surface area contributed by atoms with Gasteiger partial charge in [0.1, 0.15) is 0 Å². The lowest BCUT2D eigenvalue weighted by atomic mass is 10.1. The molecule has 6 nitrogen and oxygen atoms in total. The SMILES string of the molecule is COC(=O)NCCCn1cc(C(C)NC2CC2)c2ncc(Br)cc21. The first-order chi connectivity index (χ1) is 11.6. The molecule has 1 atom stereocenters. The minimum absolute atomic E-state index is 0.281. The quantitative estimate of drug-likeness (QED) is 0.706. The van der Waals surface area contributed by atoms with Crippen LogP contribution in [0.15, 0.2) is 22.9 Å². The number of nitrogens with one attached hydrogen (secondary N) is 2. The molecule has 2 aromatic heterocycles. The Morgan fingerprint density at radius 1 is 1.54 bits per heavy atom. The van der Waals surface area contributed by atoms with Gasteiger partial charge < -0.3 is 19.9 Å². The highest BCUT2D eigenvalue weighted by Crippen LogP contribution is 2.30. The van der Waals surface area contributed by atoms with Crippen LogP contribution in [0.2, 0.25) is 0 Å². The van der Waals surface area contributed by atoms with Crippen LogP contribution < -0.4 is 10.6 Å². The number of carbonyl (C=O) groups excluding carboxylic acids is 1. The Bertz CT molecular complexity index is 727. The van der Waals surface area contributed by atoms with E-state index in [9.17, 15) is 4.79 Å². The fourth-order valence-corrected chi connectivity index (χ4v) is 3.19. The van der Waals surface area contributed by atoms with Gasteiger partial charge >= 0.3 is 6.09 Å². The Morgan fingerprint density at radius 3 is 3.04 bits per heavy atom. The summed E-state index contributed by atoms with van der Waals surface area (Å²) in [6, 6.07) is 3.03. The predicted molar refractivity (Wildman–Crippen MR) is 97.0 cm³/mol. The second-order valence-electron chi connectivity index (χ2n) is 6.23. The lowest BCUT2D eigenvalue weighted by molar-refractivity contribution is 0.171. The van der Waals surface area contributed by atoms with Crippen molar-refractivity contribution in [2.24, 2.45) is 0 Å². The third-order valence-corrected chi connectivity index (χ3v) is 4.71. The van der Waals surface area contributed by atoms with Crippen LogP contribution >= 0.6 is 15.9 Å². The molecule has 1 unspecified atom stereocenters. The normalized spacial score (nSPS) is 15.5. The van der Waals surface area contributed by atoms with Crippen molar-refractivity contribution >= 4 is 33.1 Å². The van der Waals surface area contributed by atoms with Gasteiger partial charge in [-0.05, 0) is 48.2 Å². The van der Waals surface area contributed by atoms with Crippen LogP contribution in [0.4, 0.5) is 4.79 Å². The number of fused-ring (bicyclic) bond motifs is 1. The Hall–Kier alpha value is -1.60. The standard InChI is InChI=1S/C17H23BrN4O2/c1-11(21-13-4-5-13)14-10-22(7-3-6-19-17(23)24-2)15-8-12(18)9-20-16(14)15/h8-11,13,21H,3-7H2,1-2H3,(H,19,23). The lowest BCUT2D eigenvalue weighted by Crippen LogP contribution is -2.24. The number of ether oxygens (including phenoxy) is 1. The number of rotatable bonds is 7. The van der Waals surface area contributed by atoms with E-state index in [4.69, 9.17) is 0 Å². The number of methoxy groups -OCH3 is 1. The smallest absolute Gasteiger partial charge is 0.406 e. The van der Waals surface area contributed by atoms with Crippen molar-refractivity contribution in [3.63, 3.8) is 0 Å². The molecule has 0 radical (unpaired) electrons. The molecule has 3 rings (SSSR count). The van der Waals surface area contributed by atoms with E-state index in [1.54, 1.807) is 0 Å². The average Bonchev–Trinajstić information content (AvgIpc) is 3.31. The molecule has 2 N–H and O–H groups in total. The highest BCUT2D eigenvalue weighted by molar-refractivity contribution is 9.10. The number of aryl methyl sites for hydroxylation is 1. The molecule has 2 aromatic rings. The van der Waals surface area contributed by atoms with Gasteiger partial charge in [-0.1, -0.05) is 0 Å². The summed E-state index contributed by atoms with van der Waals surface area (Å²) in [5, 5.41) is 6.36. The van der Waals surface area contributed by atoms with E-state index < -0.39 is 0 Å². The molecule has 1 saturated carbocycles. The number of hydrogen-bond donors (Lipinski definition) is 2. The maximum absolute atomic E-state index is 11.1. The zero-order chi connectivity index (χ0) is 17.1. The van der Waals surface area contributed by atoms with Crippen LogP contribution in [-0.4, -0.2) is 35.3 Å². The van der Waals surface area contributed by atoms with Gasteiger partial charge in [-0.15, -0.1) is 0 Å². The predicted octanol–water partition coefficient (Wildman–Crippen LogP) is 3.36. The fraction of sp³-hybridized carbons (Fsp3) is 0.529. The summed E-state index contributed by atoms with van der Waals surface area (Å²) in [6.07, 6.45) is 7.00. The van der Waals surface area contributed by atoms with Gasteiger partial charge in [0.15, 0.2) is 0 Å². The number of alkyl carbamates (subject to hydrolysis) is 1. The molecule has 0 bridgehead atoms. The van der Waals surface area contributed by atoms with Crippen LogP contribution in [0.25, 0.3) is 11.0 Å². The lowest BCUT2D eigenvalue weighted by Gasteiger charge is -2.11. The summed E-state index contributed by atoms with van der Waals surface area (Å²) in [6.45, 7) is 3.59. The number of halogens is 1. The molecular formula is C17H23BrN4O2. The third kappa shape index (κ3) is 4.08. The molecule has 1 aliphatic rings. The van der Waals surface area contributed by atoms with Gasteiger partial charge in [-0.25, -0.2) is 4.79 Å². The van der Waals surface area contributed by atoms with Gasteiger partial charge in [-0.2, -0.15) is 0 Å². The van der Waals surface area contributed by atoms with E-state index in [1.165, 1.54) is 25.5 Å². The van der Waals surface area contributed by atoms with Crippen molar-refractivity contribution < 1.29 is 9.53 Å². The second kappa shape index (κ2) is 7.53. The Morgan fingerprint density at radius 2 is 2.33 bits per heavy atom. The van der Waals surface area contributed by atoms with Crippen molar-refractivity contribution in [2.45, 2.75) is 44.8 Å². The monoisotopic (exact) mass is 394 g/mol. The first kappa shape index (κ1) is 17.2. The van der Waals surface area contributed by atoms with Crippen LogP contribution in [0.3, 0.4) is 0 Å². The largest absolute Gasteiger partial charge is 0.453 e. The van der Waals surface area contributed by atoms with E-state index in [2.05, 4.69) is 60.0 Å². The van der Waals surface area contributed by atoms with Crippen molar-refractivity contribution in [1.29, 1.82) is 0 Å². The highest BCUT2D eigenvalue weighted by Gasteiger charge is 2.25. The molecule has 130 valence electrons. The fourth-order valence-electron chi connectivity index (χ4n) is 2.88. The Balaban J connectivity index is 1.75. The van der Waals surface area contributed by atoms with Crippen molar-refractivity contribution in [1.82, 2.24) is 20.2 Å². The van der Waals surface area contributed by atoms with E-state index >= 15 is 0 Å². The van der Waals surface area contributed by atoms with E-state index in [0.717, 1.165) is 28.5 Å². The number of nitrogens with zero attached hydrogens (tertiary/aromatic N) is 2. The zero-order valence-electron chi connectivity index (χ0n) is 14.0. The molecule has 2 heterocycles. The van der Waals surface area contributed by atoms with Crippen LogP contribution in [-0.2, 0) is 11.3 Å². The van der Waals surface area contributed by atoms with Crippen LogP contribution in [0, 0.1) is 0 Å². The van der Waals surface area contributed by atoms with Gasteiger partial charge in [-0.3, -0.25) is 4.98 Å². The minimum Gasteiger partial charge on any atom is -0.453 e. The average molecular weight is 395 g/mol. The van der Waals surface area contributed by atoms with E-state index in [-0.39, 0.29) is 12.1 Å².